The third kappa shape index (κ3) is 4.59. The minimum Gasteiger partial charge on any atom is -0.469 e. The Morgan fingerprint density at radius 1 is 1.27 bits per heavy atom. The fourth-order valence-electron chi connectivity index (χ4n) is 2.91. The number of amides is 1. The molecule has 0 aromatic carbocycles. The van der Waals surface area contributed by atoms with E-state index in [4.69, 9.17) is 0 Å². The van der Waals surface area contributed by atoms with Gasteiger partial charge in [0.25, 0.3) is 5.91 Å². The number of hydrogen-bond acceptors (Lipinski definition) is 5. The lowest BCUT2D eigenvalue weighted by molar-refractivity contribution is -0.140. The number of fused-ring (bicyclic) bond motifs is 1. The predicted molar refractivity (Wildman–Crippen MR) is 100 cm³/mol. The van der Waals surface area contributed by atoms with Crippen LogP contribution in [0.1, 0.15) is 67.2 Å². The number of nitrogens with zero attached hydrogens (tertiary/aromatic N) is 3. The molecule has 0 aliphatic carbocycles. The van der Waals surface area contributed by atoms with Crippen LogP contribution in [0.3, 0.4) is 0 Å². The highest BCUT2D eigenvalue weighted by molar-refractivity contribution is 6.06. The van der Waals surface area contributed by atoms with E-state index < -0.39 is 0 Å². The molecule has 1 N–H and O–H groups in total. The number of carbonyl (C=O) groups excluding carboxylic acids is 2. The average Bonchev–Trinajstić information content (AvgIpc) is 2.90. The molecule has 0 fully saturated rings. The van der Waals surface area contributed by atoms with Gasteiger partial charge >= 0.3 is 5.97 Å². The molecule has 0 aliphatic heterocycles. The first-order valence-electron chi connectivity index (χ1n) is 9.04. The van der Waals surface area contributed by atoms with E-state index in [-0.39, 0.29) is 17.8 Å². The Morgan fingerprint density at radius 2 is 2.00 bits per heavy atom. The van der Waals surface area contributed by atoms with Crippen molar-refractivity contribution in [2.24, 2.45) is 7.05 Å². The molecule has 0 unspecified atom stereocenters. The summed E-state index contributed by atoms with van der Waals surface area (Å²) in [4.78, 5) is 28.5. The first kappa shape index (κ1) is 19.9. The van der Waals surface area contributed by atoms with Crippen LogP contribution in [0.2, 0.25) is 0 Å². The molecule has 7 heteroatoms. The van der Waals surface area contributed by atoms with Gasteiger partial charge in [0, 0.05) is 25.7 Å². The predicted octanol–water partition coefficient (Wildman–Crippen LogP) is 2.86. The maximum Gasteiger partial charge on any atom is 0.305 e. The second kappa shape index (κ2) is 8.78. The first-order valence-corrected chi connectivity index (χ1v) is 9.04. The summed E-state index contributed by atoms with van der Waals surface area (Å²) in [5.41, 5.74) is 3.04. The van der Waals surface area contributed by atoms with Crippen molar-refractivity contribution in [2.75, 3.05) is 13.7 Å². The molecule has 2 rings (SSSR count). The van der Waals surface area contributed by atoms with Crippen LogP contribution >= 0.6 is 0 Å². The lowest BCUT2D eigenvalue weighted by Crippen LogP contribution is -2.25. The van der Waals surface area contributed by atoms with Crippen molar-refractivity contribution in [2.45, 2.75) is 52.4 Å². The van der Waals surface area contributed by atoms with Gasteiger partial charge in [-0.25, -0.2) is 4.98 Å². The number of rotatable bonds is 8. The number of aromatic nitrogens is 3. The smallest absolute Gasteiger partial charge is 0.305 e. The third-order valence-corrected chi connectivity index (χ3v) is 4.40. The minimum atomic E-state index is -0.193. The number of methoxy groups -OCH3 is 1. The summed E-state index contributed by atoms with van der Waals surface area (Å²) in [6.07, 6.45) is 2.87. The molecule has 0 saturated heterocycles. The standard InChI is InChI=1S/C19H28N4O3/c1-12(2)15-11-14(17-13(3)22-23(4)18(17)21-15)19(25)20-10-8-6-7-9-16(24)26-5/h11-12H,6-10H2,1-5H3,(H,20,25). The maximum atomic E-state index is 12.7. The van der Waals surface area contributed by atoms with E-state index in [1.54, 1.807) is 4.68 Å². The Labute approximate surface area is 154 Å². The normalized spacial score (nSPS) is 11.2. The highest BCUT2D eigenvalue weighted by atomic mass is 16.5. The van der Waals surface area contributed by atoms with Crippen LogP contribution in [-0.4, -0.2) is 40.3 Å². The number of carbonyl (C=O) groups is 2. The van der Waals surface area contributed by atoms with Crippen molar-refractivity contribution >= 4 is 22.9 Å². The summed E-state index contributed by atoms with van der Waals surface area (Å²) in [5, 5.41) is 8.19. The summed E-state index contributed by atoms with van der Waals surface area (Å²) in [5.74, 6) is -0.0793. The summed E-state index contributed by atoms with van der Waals surface area (Å²) >= 11 is 0. The van der Waals surface area contributed by atoms with Gasteiger partial charge < -0.3 is 10.1 Å². The van der Waals surface area contributed by atoms with Gasteiger partial charge in [0.1, 0.15) is 0 Å². The molecule has 0 spiro atoms. The van der Waals surface area contributed by atoms with Gasteiger partial charge in [-0.15, -0.1) is 0 Å². The highest BCUT2D eigenvalue weighted by Gasteiger charge is 2.19. The fourth-order valence-corrected chi connectivity index (χ4v) is 2.91. The number of aryl methyl sites for hydroxylation is 2. The first-order chi connectivity index (χ1) is 12.3. The van der Waals surface area contributed by atoms with Gasteiger partial charge in [-0.1, -0.05) is 20.3 Å². The SMILES string of the molecule is COC(=O)CCCCCNC(=O)c1cc(C(C)C)nc2c1c(C)nn2C. The van der Waals surface area contributed by atoms with Gasteiger partial charge in [0.2, 0.25) is 0 Å². The van der Waals surface area contributed by atoms with E-state index in [1.807, 2.05) is 20.0 Å². The molecule has 2 heterocycles. The van der Waals surface area contributed by atoms with E-state index >= 15 is 0 Å². The summed E-state index contributed by atoms with van der Waals surface area (Å²) in [7, 11) is 3.24. The van der Waals surface area contributed by atoms with Gasteiger partial charge in [-0.3, -0.25) is 14.3 Å². The molecule has 142 valence electrons. The van der Waals surface area contributed by atoms with Crippen LogP contribution in [0.25, 0.3) is 11.0 Å². The lowest BCUT2D eigenvalue weighted by atomic mass is 10.0. The molecule has 2 aromatic heterocycles. The molecule has 0 bridgehead atoms. The zero-order valence-corrected chi connectivity index (χ0v) is 16.3. The second-order valence-electron chi connectivity index (χ2n) is 6.80. The van der Waals surface area contributed by atoms with E-state index in [0.717, 1.165) is 41.7 Å². The molecule has 2 aromatic rings. The molecule has 0 aliphatic rings. The van der Waals surface area contributed by atoms with E-state index in [2.05, 4.69) is 34.0 Å². The fraction of sp³-hybridized carbons (Fsp3) is 0.579. The van der Waals surface area contributed by atoms with Crippen molar-refractivity contribution in [1.82, 2.24) is 20.1 Å². The molecular formula is C19H28N4O3. The summed E-state index contributed by atoms with van der Waals surface area (Å²) < 4.78 is 6.34. The van der Waals surface area contributed by atoms with Gasteiger partial charge in [0.05, 0.1) is 23.8 Å². The summed E-state index contributed by atoms with van der Waals surface area (Å²) in [6.45, 7) is 6.57. The van der Waals surface area contributed by atoms with Crippen molar-refractivity contribution < 1.29 is 14.3 Å². The number of ether oxygens (including phenoxy) is 1. The summed E-state index contributed by atoms with van der Waals surface area (Å²) in [6, 6.07) is 1.87. The van der Waals surface area contributed by atoms with Gasteiger partial charge in [-0.05, 0) is 31.7 Å². The molecule has 7 nitrogen and oxygen atoms in total. The van der Waals surface area contributed by atoms with Crippen LogP contribution in [-0.2, 0) is 16.6 Å². The molecule has 26 heavy (non-hydrogen) atoms. The number of hydrogen-bond donors (Lipinski definition) is 1. The maximum absolute atomic E-state index is 12.7. The van der Waals surface area contributed by atoms with E-state index in [0.29, 0.717) is 18.5 Å². The van der Waals surface area contributed by atoms with Crippen LogP contribution in [0.5, 0.6) is 0 Å². The lowest BCUT2D eigenvalue weighted by Gasteiger charge is -2.11. The second-order valence-corrected chi connectivity index (χ2v) is 6.80. The number of nitrogens with one attached hydrogen (secondary N) is 1. The Hall–Kier alpha value is -2.44. The van der Waals surface area contributed by atoms with Gasteiger partial charge in [0.15, 0.2) is 5.65 Å². The quantitative estimate of drug-likeness (QED) is 0.578. The van der Waals surface area contributed by atoms with E-state index in [1.165, 1.54) is 7.11 Å². The average molecular weight is 360 g/mol. The zero-order valence-electron chi connectivity index (χ0n) is 16.3. The van der Waals surface area contributed by atoms with Crippen LogP contribution in [0.4, 0.5) is 0 Å². The number of unbranched alkanes of at least 4 members (excludes halogenated alkanes) is 2. The van der Waals surface area contributed by atoms with Crippen LogP contribution in [0.15, 0.2) is 6.07 Å². The molecule has 0 saturated carbocycles. The largest absolute Gasteiger partial charge is 0.469 e. The minimum absolute atomic E-state index is 0.108. The zero-order chi connectivity index (χ0) is 19.3. The number of pyridine rings is 1. The molecule has 0 radical (unpaired) electrons. The Kier molecular flexibility index (Phi) is 6.71. The monoisotopic (exact) mass is 360 g/mol. The third-order valence-electron chi connectivity index (χ3n) is 4.40. The Bertz CT molecular complexity index is 796. The van der Waals surface area contributed by atoms with Crippen LogP contribution < -0.4 is 5.32 Å². The molecular weight excluding hydrogens is 332 g/mol. The highest BCUT2D eigenvalue weighted by Crippen LogP contribution is 2.24. The van der Waals surface area contributed by atoms with Crippen LogP contribution in [0, 0.1) is 6.92 Å². The molecule has 0 atom stereocenters. The van der Waals surface area contributed by atoms with Crippen molar-refractivity contribution in [3.8, 4) is 0 Å². The topological polar surface area (TPSA) is 86.1 Å². The van der Waals surface area contributed by atoms with Crippen molar-refractivity contribution in [3.05, 3.63) is 23.0 Å². The van der Waals surface area contributed by atoms with Crippen molar-refractivity contribution in [1.29, 1.82) is 0 Å². The van der Waals surface area contributed by atoms with E-state index in [9.17, 15) is 9.59 Å². The van der Waals surface area contributed by atoms with Gasteiger partial charge in [-0.2, -0.15) is 5.10 Å². The van der Waals surface area contributed by atoms with Crippen molar-refractivity contribution in [3.63, 3.8) is 0 Å². The number of esters is 1. The molecule has 1 amide bonds. The Balaban J connectivity index is 2.06. The Morgan fingerprint density at radius 3 is 2.65 bits per heavy atom.